The van der Waals surface area contributed by atoms with Gasteiger partial charge in [0.2, 0.25) is 0 Å². The normalized spacial score (nSPS) is 10.6. The number of hydrogen-bond donors (Lipinski definition) is 2. The van der Waals surface area contributed by atoms with Gasteiger partial charge in [0.05, 0.1) is 6.26 Å². The van der Waals surface area contributed by atoms with Crippen LogP contribution in [0.25, 0.3) is 0 Å². The fourth-order valence-corrected chi connectivity index (χ4v) is 1.67. The van der Waals surface area contributed by atoms with Gasteiger partial charge in [0.15, 0.2) is 0 Å². The van der Waals surface area contributed by atoms with Crippen LogP contribution in [0.3, 0.4) is 0 Å². The van der Waals surface area contributed by atoms with Crippen molar-refractivity contribution in [1.82, 2.24) is 9.97 Å². The van der Waals surface area contributed by atoms with Gasteiger partial charge in [0.25, 0.3) is 0 Å². The van der Waals surface area contributed by atoms with Crippen LogP contribution in [-0.4, -0.2) is 16.5 Å². The Morgan fingerprint density at radius 2 is 2.22 bits per heavy atom. The topological polar surface area (TPSA) is 77.0 Å². The van der Waals surface area contributed by atoms with E-state index in [1.54, 1.807) is 6.26 Å². The van der Waals surface area contributed by atoms with Crippen molar-refractivity contribution >= 4 is 11.6 Å². The first-order valence-corrected chi connectivity index (χ1v) is 6.10. The Bertz CT molecular complexity index is 508. The Morgan fingerprint density at radius 1 is 1.39 bits per heavy atom. The summed E-state index contributed by atoms with van der Waals surface area (Å²) in [6.45, 7) is 4.69. The lowest BCUT2D eigenvalue weighted by molar-refractivity contribution is 0.513. The summed E-state index contributed by atoms with van der Waals surface area (Å²) in [5, 5.41) is 3.28. The fraction of sp³-hybridized carbons (Fsp3) is 0.385. The average molecular weight is 246 g/mol. The second-order valence-electron chi connectivity index (χ2n) is 4.11. The molecule has 18 heavy (non-hydrogen) atoms. The number of furan rings is 1. The van der Waals surface area contributed by atoms with E-state index < -0.39 is 0 Å². The number of nitrogens with zero attached hydrogens (tertiary/aromatic N) is 2. The van der Waals surface area contributed by atoms with E-state index in [4.69, 9.17) is 10.2 Å². The number of aryl methyl sites for hydroxylation is 1. The predicted molar refractivity (Wildman–Crippen MR) is 71.5 cm³/mol. The Labute approximate surface area is 106 Å². The number of aromatic nitrogens is 2. The zero-order chi connectivity index (χ0) is 13.0. The molecular formula is C13H18N4O. The molecule has 0 saturated heterocycles. The van der Waals surface area contributed by atoms with Crippen LogP contribution < -0.4 is 11.1 Å². The highest BCUT2D eigenvalue weighted by Crippen LogP contribution is 2.17. The summed E-state index contributed by atoms with van der Waals surface area (Å²) in [7, 11) is 0. The van der Waals surface area contributed by atoms with E-state index in [1.165, 1.54) is 0 Å². The third kappa shape index (κ3) is 2.80. The second-order valence-corrected chi connectivity index (χ2v) is 4.11. The fourth-order valence-electron chi connectivity index (χ4n) is 1.67. The molecule has 0 atom stereocenters. The summed E-state index contributed by atoms with van der Waals surface area (Å²) in [5.41, 5.74) is 6.75. The molecule has 0 unspecified atom stereocenters. The van der Waals surface area contributed by atoms with Gasteiger partial charge in [-0.15, -0.1) is 0 Å². The maximum absolute atomic E-state index is 5.85. The van der Waals surface area contributed by atoms with Crippen LogP contribution in [0.1, 0.15) is 24.1 Å². The Morgan fingerprint density at radius 3 is 2.89 bits per heavy atom. The summed E-state index contributed by atoms with van der Waals surface area (Å²) >= 11 is 0. The first kappa shape index (κ1) is 12.4. The number of anilines is 2. The van der Waals surface area contributed by atoms with Crippen molar-refractivity contribution in [3.05, 3.63) is 35.5 Å². The third-order valence-electron chi connectivity index (χ3n) is 2.79. The molecule has 2 rings (SSSR count). The van der Waals surface area contributed by atoms with Gasteiger partial charge in [0, 0.05) is 24.9 Å². The highest BCUT2D eigenvalue weighted by Gasteiger charge is 2.07. The minimum absolute atomic E-state index is 0.544. The Hall–Kier alpha value is -2.04. The van der Waals surface area contributed by atoms with E-state index in [-0.39, 0.29) is 0 Å². The molecule has 2 heterocycles. The molecule has 0 bridgehead atoms. The van der Waals surface area contributed by atoms with E-state index in [0.717, 1.165) is 42.4 Å². The largest absolute Gasteiger partial charge is 0.469 e. The number of rotatable bonds is 5. The van der Waals surface area contributed by atoms with Crippen LogP contribution >= 0.6 is 0 Å². The van der Waals surface area contributed by atoms with Crippen LogP contribution in [0, 0.1) is 6.92 Å². The molecule has 5 heteroatoms. The number of nitrogens with one attached hydrogen (secondary N) is 1. The number of nitrogen functional groups attached to an aromatic ring is 1. The monoisotopic (exact) mass is 246 g/mol. The Balaban J connectivity index is 2.02. The van der Waals surface area contributed by atoms with Crippen LogP contribution in [0.4, 0.5) is 11.6 Å². The van der Waals surface area contributed by atoms with Crippen molar-refractivity contribution in [1.29, 1.82) is 0 Å². The van der Waals surface area contributed by atoms with Gasteiger partial charge >= 0.3 is 0 Å². The highest BCUT2D eigenvalue weighted by molar-refractivity contribution is 5.54. The van der Waals surface area contributed by atoms with Gasteiger partial charge in [-0.05, 0) is 19.1 Å². The maximum Gasteiger partial charge on any atom is 0.134 e. The SMILES string of the molecule is CCc1nc(N)c(C)c(NCCc2ccco2)n1. The van der Waals surface area contributed by atoms with Crippen LogP contribution in [0.5, 0.6) is 0 Å². The molecule has 2 aromatic heterocycles. The molecule has 0 amide bonds. The second kappa shape index (κ2) is 5.53. The lowest BCUT2D eigenvalue weighted by atomic mass is 10.2. The standard InChI is InChI=1S/C13H18N4O/c1-3-11-16-12(14)9(2)13(17-11)15-7-6-10-5-4-8-18-10/h4-5,8H,3,6-7H2,1-2H3,(H3,14,15,16,17). The zero-order valence-corrected chi connectivity index (χ0v) is 10.7. The van der Waals surface area contributed by atoms with E-state index in [2.05, 4.69) is 15.3 Å². The quantitative estimate of drug-likeness (QED) is 0.845. The van der Waals surface area contributed by atoms with Gasteiger partial charge in [-0.2, -0.15) is 0 Å². The molecule has 0 aliphatic rings. The van der Waals surface area contributed by atoms with Crippen molar-refractivity contribution in [2.24, 2.45) is 0 Å². The molecule has 0 radical (unpaired) electrons. The molecule has 0 aliphatic heterocycles. The summed E-state index contributed by atoms with van der Waals surface area (Å²) in [6, 6.07) is 3.85. The molecule has 0 saturated carbocycles. The van der Waals surface area contributed by atoms with Crippen molar-refractivity contribution in [3.63, 3.8) is 0 Å². The van der Waals surface area contributed by atoms with Crippen LogP contribution in [-0.2, 0) is 12.8 Å². The van der Waals surface area contributed by atoms with Gasteiger partial charge in [-0.3, -0.25) is 0 Å². The Kier molecular flexibility index (Phi) is 3.82. The molecule has 5 nitrogen and oxygen atoms in total. The summed E-state index contributed by atoms with van der Waals surface area (Å²) < 4.78 is 5.27. The molecule has 96 valence electrons. The van der Waals surface area contributed by atoms with Crippen molar-refractivity contribution < 1.29 is 4.42 Å². The lowest BCUT2D eigenvalue weighted by Crippen LogP contribution is -2.11. The molecule has 3 N–H and O–H groups in total. The lowest BCUT2D eigenvalue weighted by Gasteiger charge is -2.10. The highest BCUT2D eigenvalue weighted by atomic mass is 16.3. The molecule has 0 fully saturated rings. The predicted octanol–water partition coefficient (Wildman–Crippen LogP) is 2.18. The average Bonchev–Trinajstić information content (AvgIpc) is 2.87. The number of nitrogens with two attached hydrogens (primary N) is 1. The van der Waals surface area contributed by atoms with E-state index in [1.807, 2.05) is 26.0 Å². The maximum atomic E-state index is 5.85. The van der Waals surface area contributed by atoms with Gasteiger partial charge in [0.1, 0.15) is 23.2 Å². The molecule has 2 aromatic rings. The summed E-state index contributed by atoms with van der Waals surface area (Å²) in [6.07, 6.45) is 3.27. The van der Waals surface area contributed by atoms with Crippen LogP contribution in [0.15, 0.2) is 22.8 Å². The van der Waals surface area contributed by atoms with E-state index in [9.17, 15) is 0 Å². The van der Waals surface area contributed by atoms with Crippen LogP contribution in [0.2, 0.25) is 0 Å². The van der Waals surface area contributed by atoms with Crippen molar-refractivity contribution in [3.8, 4) is 0 Å². The summed E-state index contributed by atoms with van der Waals surface area (Å²) in [4.78, 5) is 8.66. The molecule has 0 aliphatic carbocycles. The molecule has 0 spiro atoms. The van der Waals surface area contributed by atoms with E-state index in [0.29, 0.717) is 5.82 Å². The number of hydrogen-bond acceptors (Lipinski definition) is 5. The molecular weight excluding hydrogens is 228 g/mol. The minimum atomic E-state index is 0.544. The van der Waals surface area contributed by atoms with Crippen molar-refractivity contribution in [2.75, 3.05) is 17.6 Å². The minimum Gasteiger partial charge on any atom is -0.469 e. The first-order chi connectivity index (χ1) is 8.70. The third-order valence-corrected chi connectivity index (χ3v) is 2.79. The van der Waals surface area contributed by atoms with Crippen molar-refractivity contribution in [2.45, 2.75) is 26.7 Å². The molecule has 0 aromatic carbocycles. The zero-order valence-electron chi connectivity index (χ0n) is 10.7. The van der Waals surface area contributed by atoms with E-state index >= 15 is 0 Å². The van der Waals surface area contributed by atoms with Gasteiger partial charge in [-0.25, -0.2) is 9.97 Å². The smallest absolute Gasteiger partial charge is 0.134 e. The van der Waals surface area contributed by atoms with Gasteiger partial charge in [-0.1, -0.05) is 6.92 Å². The van der Waals surface area contributed by atoms with Gasteiger partial charge < -0.3 is 15.5 Å². The first-order valence-electron chi connectivity index (χ1n) is 6.10. The summed E-state index contributed by atoms with van der Waals surface area (Å²) in [5.74, 6) is 3.07.